The maximum atomic E-state index is 5.93. The van der Waals surface area contributed by atoms with Crippen molar-refractivity contribution in [3.8, 4) is 0 Å². The molecule has 4 unspecified atom stereocenters. The Balaban J connectivity index is 1.63. The smallest absolute Gasteiger partial charge is 0.00819 e. The lowest BCUT2D eigenvalue weighted by atomic mass is 9.91. The summed E-state index contributed by atoms with van der Waals surface area (Å²) < 4.78 is 0. The van der Waals surface area contributed by atoms with Crippen molar-refractivity contribution >= 4 is 0 Å². The van der Waals surface area contributed by atoms with Crippen LogP contribution in [-0.4, -0.2) is 18.6 Å². The van der Waals surface area contributed by atoms with E-state index in [4.69, 9.17) is 5.73 Å². The first-order chi connectivity index (χ1) is 6.25. The summed E-state index contributed by atoms with van der Waals surface area (Å²) in [5.41, 5.74) is 5.93. The van der Waals surface area contributed by atoms with Crippen LogP contribution in [0.15, 0.2) is 0 Å². The van der Waals surface area contributed by atoms with Gasteiger partial charge >= 0.3 is 0 Å². The van der Waals surface area contributed by atoms with Crippen LogP contribution in [0, 0.1) is 11.8 Å². The van der Waals surface area contributed by atoms with E-state index < -0.39 is 0 Å². The molecule has 4 atom stereocenters. The number of rotatable bonds is 3. The lowest BCUT2D eigenvalue weighted by Crippen LogP contribution is -2.40. The molecule has 0 amide bonds. The Bertz CT molecular complexity index is 169. The largest absolute Gasteiger partial charge is 0.328 e. The topological polar surface area (TPSA) is 38.0 Å². The number of nitrogens with one attached hydrogen (secondary N) is 1. The van der Waals surface area contributed by atoms with Crippen molar-refractivity contribution < 1.29 is 0 Å². The molecule has 0 bridgehead atoms. The summed E-state index contributed by atoms with van der Waals surface area (Å²) in [6.07, 6.45) is 6.53. The fraction of sp³-hybridized carbons (Fsp3) is 1.00. The lowest BCUT2D eigenvalue weighted by molar-refractivity contribution is 0.335. The Morgan fingerprint density at radius 2 is 2.08 bits per heavy atom. The van der Waals surface area contributed by atoms with Crippen molar-refractivity contribution in [1.82, 2.24) is 5.32 Å². The van der Waals surface area contributed by atoms with Crippen molar-refractivity contribution in [2.45, 2.75) is 51.1 Å². The Morgan fingerprint density at radius 3 is 2.69 bits per heavy atom. The van der Waals surface area contributed by atoms with E-state index in [0.29, 0.717) is 6.04 Å². The molecule has 2 saturated carbocycles. The van der Waals surface area contributed by atoms with Gasteiger partial charge in [-0.3, -0.25) is 0 Å². The first-order valence-electron chi connectivity index (χ1n) is 5.74. The van der Waals surface area contributed by atoms with Gasteiger partial charge in [-0.15, -0.1) is 0 Å². The van der Waals surface area contributed by atoms with Crippen LogP contribution in [0.3, 0.4) is 0 Å². The zero-order chi connectivity index (χ0) is 9.26. The Hall–Kier alpha value is -0.0800. The van der Waals surface area contributed by atoms with Crippen molar-refractivity contribution in [3.05, 3.63) is 0 Å². The number of hydrogen-bond acceptors (Lipinski definition) is 2. The van der Waals surface area contributed by atoms with Crippen LogP contribution in [0.2, 0.25) is 0 Å². The fourth-order valence-electron chi connectivity index (χ4n) is 2.41. The third-order valence-electron chi connectivity index (χ3n) is 3.66. The first-order valence-corrected chi connectivity index (χ1v) is 5.74. The van der Waals surface area contributed by atoms with E-state index in [2.05, 4.69) is 12.2 Å². The van der Waals surface area contributed by atoms with E-state index in [0.717, 1.165) is 17.9 Å². The highest BCUT2D eigenvalue weighted by Gasteiger charge is 2.32. The van der Waals surface area contributed by atoms with Crippen molar-refractivity contribution in [3.63, 3.8) is 0 Å². The van der Waals surface area contributed by atoms with Crippen molar-refractivity contribution in [2.24, 2.45) is 17.6 Å². The van der Waals surface area contributed by atoms with Crippen LogP contribution in [0.1, 0.15) is 39.0 Å². The van der Waals surface area contributed by atoms with Crippen LogP contribution in [0.25, 0.3) is 0 Å². The van der Waals surface area contributed by atoms with Crippen LogP contribution in [0.4, 0.5) is 0 Å². The predicted molar refractivity (Wildman–Crippen MR) is 55.5 cm³/mol. The van der Waals surface area contributed by atoms with Crippen LogP contribution >= 0.6 is 0 Å². The molecule has 0 radical (unpaired) electrons. The molecular formula is C11H22N2. The molecule has 0 heterocycles. The maximum absolute atomic E-state index is 5.93. The maximum Gasteiger partial charge on any atom is 0.00819 e. The standard InChI is InChI=1S/C11H22N2/c1-8-5-9(8)7-13-11-4-2-3-10(12)6-11/h8-11,13H,2-7,12H2,1H3. The zero-order valence-electron chi connectivity index (χ0n) is 8.63. The van der Waals surface area contributed by atoms with Crippen LogP contribution in [-0.2, 0) is 0 Å². The average Bonchev–Trinajstić information content (AvgIpc) is 2.79. The molecule has 2 aliphatic rings. The Morgan fingerprint density at radius 1 is 1.31 bits per heavy atom. The highest BCUT2D eigenvalue weighted by Crippen LogP contribution is 2.37. The quantitative estimate of drug-likeness (QED) is 0.694. The molecule has 2 rings (SSSR count). The van der Waals surface area contributed by atoms with Crippen LogP contribution in [0.5, 0.6) is 0 Å². The van der Waals surface area contributed by atoms with Gasteiger partial charge in [-0.05, 0) is 44.1 Å². The molecule has 0 aromatic carbocycles. The molecular weight excluding hydrogens is 160 g/mol. The van der Waals surface area contributed by atoms with E-state index >= 15 is 0 Å². The molecule has 2 heteroatoms. The van der Waals surface area contributed by atoms with Gasteiger partial charge in [0.1, 0.15) is 0 Å². The second-order valence-electron chi connectivity index (χ2n) is 5.00. The molecule has 0 aromatic heterocycles. The van der Waals surface area contributed by atoms with E-state index in [1.165, 1.54) is 38.6 Å². The van der Waals surface area contributed by atoms with Gasteiger partial charge in [0.15, 0.2) is 0 Å². The highest BCUT2D eigenvalue weighted by atomic mass is 14.9. The second-order valence-corrected chi connectivity index (χ2v) is 5.00. The monoisotopic (exact) mass is 182 g/mol. The Kier molecular flexibility index (Phi) is 2.89. The van der Waals surface area contributed by atoms with E-state index in [1.54, 1.807) is 0 Å². The van der Waals surface area contributed by atoms with Gasteiger partial charge in [0.25, 0.3) is 0 Å². The summed E-state index contributed by atoms with van der Waals surface area (Å²) in [5.74, 6) is 1.95. The predicted octanol–water partition coefficient (Wildman–Crippen LogP) is 1.50. The SMILES string of the molecule is CC1CC1CNC1CCCC(N)C1. The van der Waals surface area contributed by atoms with Gasteiger partial charge < -0.3 is 11.1 Å². The summed E-state index contributed by atoms with van der Waals surface area (Å²) in [4.78, 5) is 0. The molecule has 2 nitrogen and oxygen atoms in total. The minimum atomic E-state index is 0.461. The summed E-state index contributed by atoms with van der Waals surface area (Å²) in [6.45, 7) is 3.58. The molecule has 0 spiro atoms. The van der Waals surface area contributed by atoms with Gasteiger partial charge in [0.2, 0.25) is 0 Å². The van der Waals surface area contributed by atoms with Gasteiger partial charge in [-0.2, -0.15) is 0 Å². The van der Waals surface area contributed by atoms with Crippen LogP contribution < -0.4 is 11.1 Å². The normalized spacial score (nSPS) is 44.8. The minimum Gasteiger partial charge on any atom is -0.328 e. The third kappa shape index (κ3) is 2.68. The number of hydrogen-bond donors (Lipinski definition) is 2. The van der Waals surface area contributed by atoms with E-state index in [-0.39, 0.29) is 0 Å². The second kappa shape index (κ2) is 3.97. The molecule has 3 N–H and O–H groups in total. The Labute approximate surface area is 81.3 Å². The van der Waals surface area contributed by atoms with Gasteiger partial charge in [0.05, 0.1) is 0 Å². The highest BCUT2D eigenvalue weighted by molar-refractivity contribution is 4.87. The number of nitrogens with two attached hydrogens (primary N) is 1. The van der Waals surface area contributed by atoms with Crippen molar-refractivity contribution in [2.75, 3.05) is 6.54 Å². The zero-order valence-corrected chi connectivity index (χ0v) is 8.63. The van der Waals surface area contributed by atoms with E-state index in [9.17, 15) is 0 Å². The summed E-state index contributed by atoms with van der Waals surface area (Å²) in [6, 6.07) is 1.18. The molecule has 0 aliphatic heterocycles. The summed E-state index contributed by atoms with van der Waals surface area (Å²) >= 11 is 0. The van der Waals surface area contributed by atoms with Gasteiger partial charge in [-0.25, -0.2) is 0 Å². The van der Waals surface area contributed by atoms with Crippen molar-refractivity contribution in [1.29, 1.82) is 0 Å². The summed E-state index contributed by atoms with van der Waals surface area (Å²) in [7, 11) is 0. The lowest BCUT2D eigenvalue weighted by Gasteiger charge is -2.27. The molecule has 2 fully saturated rings. The molecule has 76 valence electrons. The molecule has 0 aromatic rings. The molecule has 2 aliphatic carbocycles. The minimum absolute atomic E-state index is 0.461. The third-order valence-corrected chi connectivity index (χ3v) is 3.66. The first kappa shape index (κ1) is 9.47. The molecule has 0 saturated heterocycles. The van der Waals surface area contributed by atoms with E-state index in [1.807, 2.05) is 0 Å². The fourth-order valence-corrected chi connectivity index (χ4v) is 2.41. The van der Waals surface area contributed by atoms with Gasteiger partial charge in [-0.1, -0.05) is 13.3 Å². The van der Waals surface area contributed by atoms with Gasteiger partial charge in [0, 0.05) is 12.1 Å². The molecule has 13 heavy (non-hydrogen) atoms. The summed E-state index contributed by atoms with van der Waals surface area (Å²) in [5, 5.41) is 3.66. The average molecular weight is 182 g/mol.